The number of hydrogen-bond acceptors (Lipinski definition) is 3. The van der Waals surface area contributed by atoms with Gasteiger partial charge in [0.15, 0.2) is 5.82 Å². The molecule has 4 rings (SSSR count). The van der Waals surface area contributed by atoms with Crippen molar-refractivity contribution in [2.75, 3.05) is 6.54 Å². The lowest BCUT2D eigenvalue weighted by Gasteiger charge is -2.28. The van der Waals surface area contributed by atoms with E-state index in [0.29, 0.717) is 6.04 Å². The second-order valence-corrected chi connectivity index (χ2v) is 5.90. The Morgan fingerprint density at radius 1 is 1.18 bits per heavy atom. The van der Waals surface area contributed by atoms with Crippen molar-refractivity contribution in [3.63, 3.8) is 0 Å². The standard InChI is InChI=1S/C13H20N4/c1-2-9(3-1)8-11-15-16-13-12(10-4-5-10)14-6-7-17(11)13/h9-10,12,14H,1-8H2. The fraction of sp³-hybridized carbons (Fsp3) is 0.846. The molecule has 4 nitrogen and oxygen atoms in total. The third-order valence-corrected chi connectivity index (χ3v) is 4.62. The maximum Gasteiger partial charge on any atom is 0.150 e. The summed E-state index contributed by atoms with van der Waals surface area (Å²) in [6, 6.07) is 0.492. The number of nitrogens with zero attached hydrogens (tertiary/aromatic N) is 3. The van der Waals surface area contributed by atoms with Crippen molar-refractivity contribution in [3.8, 4) is 0 Å². The van der Waals surface area contributed by atoms with Crippen LogP contribution in [-0.4, -0.2) is 21.3 Å². The number of nitrogens with one attached hydrogen (secondary N) is 1. The van der Waals surface area contributed by atoms with Crippen LogP contribution in [-0.2, 0) is 13.0 Å². The van der Waals surface area contributed by atoms with Gasteiger partial charge >= 0.3 is 0 Å². The Morgan fingerprint density at radius 2 is 2.06 bits per heavy atom. The van der Waals surface area contributed by atoms with Crippen LogP contribution >= 0.6 is 0 Å². The minimum atomic E-state index is 0.492. The summed E-state index contributed by atoms with van der Waals surface area (Å²) in [6.45, 7) is 2.15. The third kappa shape index (κ3) is 1.69. The van der Waals surface area contributed by atoms with Crippen molar-refractivity contribution in [3.05, 3.63) is 11.6 Å². The van der Waals surface area contributed by atoms with E-state index in [1.54, 1.807) is 0 Å². The first-order valence-corrected chi connectivity index (χ1v) is 7.07. The van der Waals surface area contributed by atoms with Crippen molar-refractivity contribution in [2.45, 2.75) is 51.1 Å². The molecule has 0 aromatic carbocycles. The Hall–Kier alpha value is -0.900. The van der Waals surface area contributed by atoms with Gasteiger partial charge in [0.1, 0.15) is 5.82 Å². The van der Waals surface area contributed by atoms with Crippen LogP contribution in [0.2, 0.25) is 0 Å². The predicted octanol–water partition coefficient (Wildman–Crippen LogP) is 1.67. The Kier molecular flexibility index (Phi) is 2.25. The molecule has 1 aliphatic heterocycles. The number of aromatic nitrogens is 3. The summed E-state index contributed by atoms with van der Waals surface area (Å²) in [4.78, 5) is 0. The zero-order chi connectivity index (χ0) is 11.2. The van der Waals surface area contributed by atoms with E-state index < -0.39 is 0 Å². The SMILES string of the molecule is C1CC(Cc2nnc3n2CCNC3C2CC2)C1. The van der Waals surface area contributed by atoms with Gasteiger partial charge < -0.3 is 9.88 Å². The molecule has 2 aliphatic carbocycles. The number of hydrogen-bond donors (Lipinski definition) is 1. The average molecular weight is 232 g/mol. The molecule has 2 fully saturated rings. The first-order valence-electron chi connectivity index (χ1n) is 7.07. The minimum Gasteiger partial charge on any atom is -0.312 e. The van der Waals surface area contributed by atoms with E-state index in [1.165, 1.54) is 43.8 Å². The monoisotopic (exact) mass is 232 g/mol. The van der Waals surface area contributed by atoms with Gasteiger partial charge in [-0.25, -0.2) is 0 Å². The van der Waals surface area contributed by atoms with Crippen molar-refractivity contribution in [2.24, 2.45) is 11.8 Å². The molecule has 0 amide bonds. The van der Waals surface area contributed by atoms with E-state index in [1.807, 2.05) is 0 Å². The predicted molar refractivity (Wildman–Crippen MR) is 64.5 cm³/mol. The van der Waals surface area contributed by atoms with Gasteiger partial charge in [-0.3, -0.25) is 0 Å². The van der Waals surface area contributed by atoms with Crippen LogP contribution in [0.5, 0.6) is 0 Å². The van der Waals surface area contributed by atoms with Gasteiger partial charge in [0.05, 0.1) is 6.04 Å². The van der Waals surface area contributed by atoms with E-state index in [9.17, 15) is 0 Å². The smallest absolute Gasteiger partial charge is 0.150 e. The molecule has 1 N–H and O–H groups in total. The summed E-state index contributed by atoms with van der Waals surface area (Å²) in [5.41, 5.74) is 0. The number of rotatable bonds is 3. The molecule has 1 aromatic heterocycles. The molecule has 4 heteroatoms. The molecule has 1 atom stereocenters. The van der Waals surface area contributed by atoms with E-state index >= 15 is 0 Å². The highest BCUT2D eigenvalue weighted by Gasteiger charge is 2.37. The molecular formula is C13H20N4. The normalized spacial score (nSPS) is 28.8. The molecule has 0 bridgehead atoms. The van der Waals surface area contributed by atoms with Crippen LogP contribution in [0.1, 0.15) is 49.8 Å². The maximum absolute atomic E-state index is 4.46. The van der Waals surface area contributed by atoms with Crippen molar-refractivity contribution < 1.29 is 0 Å². The molecule has 17 heavy (non-hydrogen) atoms. The number of fused-ring (bicyclic) bond motifs is 1. The molecule has 0 spiro atoms. The maximum atomic E-state index is 4.46. The van der Waals surface area contributed by atoms with Crippen LogP contribution in [0, 0.1) is 11.8 Å². The van der Waals surface area contributed by atoms with Gasteiger partial charge in [0, 0.05) is 19.5 Å². The second-order valence-electron chi connectivity index (χ2n) is 5.90. The first-order chi connectivity index (χ1) is 8.42. The topological polar surface area (TPSA) is 42.7 Å². The summed E-state index contributed by atoms with van der Waals surface area (Å²) < 4.78 is 2.40. The second kappa shape index (κ2) is 3.80. The molecule has 3 aliphatic rings. The lowest BCUT2D eigenvalue weighted by atomic mass is 9.83. The molecule has 0 radical (unpaired) electrons. The highest BCUT2D eigenvalue weighted by molar-refractivity contribution is 5.09. The van der Waals surface area contributed by atoms with E-state index in [0.717, 1.165) is 31.3 Å². The molecule has 92 valence electrons. The van der Waals surface area contributed by atoms with E-state index in [4.69, 9.17) is 0 Å². The molecule has 2 saturated carbocycles. The Morgan fingerprint density at radius 3 is 2.76 bits per heavy atom. The van der Waals surface area contributed by atoms with Crippen LogP contribution < -0.4 is 5.32 Å². The van der Waals surface area contributed by atoms with Crippen molar-refractivity contribution in [1.82, 2.24) is 20.1 Å². The largest absolute Gasteiger partial charge is 0.312 e. The van der Waals surface area contributed by atoms with Gasteiger partial charge in [-0.2, -0.15) is 0 Å². The molecule has 0 saturated heterocycles. The first kappa shape index (κ1) is 10.1. The highest BCUT2D eigenvalue weighted by atomic mass is 15.3. The third-order valence-electron chi connectivity index (χ3n) is 4.62. The summed E-state index contributed by atoms with van der Waals surface area (Å²) >= 11 is 0. The summed E-state index contributed by atoms with van der Waals surface area (Å²) in [5, 5.41) is 12.5. The Balaban J connectivity index is 1.59. The highest BCUT2D eigenvalue weighted by Crippen LogP contribution is 2.41. The van der Waals surface area contributed by atoms with E-state index in [2.05, 4.69) is 20.1 Å². The van der Waals surface area contributed by atoms with Crippen molar-refractivity contribution >= 4 is 0 Å². The Bertz CT molecular complexity index is 417. The average Bonchev–Trinajstić information content (AvgIpc) is 3.05. The van der Waals surface area contributed by atoms with Gasteiger partial charge in [0.25, 0.3) is 0 Å². The van der Waals surface area contributed by atoms with Gasteiger partial charge in [0.2, 0.25) is 0 Å². The molecular weight excluding hydrogens is 212 g/mol. The lowest BCUT2D eigenvalue weighted by Crippen LogP contribution is -2.35. The van der Waals surface area contributed by atoms with Gasteiger partial charge in [-0.05, 0) is 24.7 Å². The fourth-order valence-corrected chi connectivity index (χ4v) is 3.16. The minimum absolute atomic E-state index is 0.492. The van der Waals surface area contributed by atoms with E-state index in [-0.39, 0.29) is 0 Å². The van der Waals surface area contributed by atoms with Gasteiger partial charge in [-0.1, -0.05) is 19.3 Å². The zero-order valence-electron chi connectivity index (χ0n) is 10.2. The quantitative estimate of drug-likeness (QED) is 0.862. The summed E-state index contributed by atoms with van der Waals surface area (Å²) in [5.74, 6) is 4.18. The van der Waals surface area contributed by atoms with Crippen LogP contribution in [0.25, 0.3) is 0 Å². The Labute approximate surface area is 102 Å². The van der Waals surface area contributed by atoms with Crippen LogP contribution in [0.3, 0.4) is 0 Å². The van der Waals surface area contributed by atoms with Crippen LogP contribution in [0.4, 0.5) is 0 Å². The lowest BCUT2D eigenvalue weighted by molar-refractivity contribution is 0.300. The molecule has 1 aromatic rings. The molecule has 2 heterocycles. The fourth-order valence-electron chi connectivity index (χ4n) is 3.16. The summed E-state index contributed by atoms with van der Waals surface area (Å²) in [7, 11) is 0. The van der Waals surface area contributed by atoms with Crippen molar-refractivity contribution in [1.29, 1.82) is 0 Å². The molecule has 1 unspecified atom stereocenters. The van der Waals surface area contributed by atoms with Gasteiger partial charge in [-0.15, -0.1) is 10.2 Å². The zero-order valence-corrected chi connectivity index (χ0v) is 10.2. The van der Waals surface area contributed by atoms with Crippen LogP contribution in [0.15, 0.2) is 0 Å². The summed E-state index contributed by atoms with van der Waals surface area (Å²) in [6.07, 6.45) is 8.09.